The smallest absolute Gasteiger partial charge is 0.250 e. The molecule has 1 heterocycles. The Morgan fingerprint density at radius 3 is 2.02 bits per heavy atom. The number of rotatable bonds is 13. The maximum atomic E-state index is 12.7. The molecule has 0 aliphatic heterocycles. The number of carbonyl (C=O) groups is 1. The molecule has 1 aromatic heterocycles. The fraction of sp³-hybridized carbons (Fsp3) is 0.241. The maximum absolute atomic E-state index is 12.7. The molecule has 0 unspecified atom stereocenters. The standard InChI is InChI=1S/C29H31N5O7S/c1-36-21-15-23(38-3)22(37-2)14-19(21)16-30-31-26(35)17-42-29-33-32-28(34(29)20-10-8-7-9-11-20)18-12-24(39-4)27(41-6)25(13-18)40-5/h7-16H,17H2,1-6H3,(H,31,35). The average Bonchev–Trinajstić information content (AvgIpc) is 3.47. The number of para-hydroxylation sites is 1. The first-order valence-electron chi connectivity index (χ1n) is 12.5. The van der Waals surface area contributed by atoms with Crippen LogP contribution in [-0.4, -0.2) is 75.3 Å². The van der Waals surface area contributed by atoms with Gasteiger partial charge in [-0.15, -0.1) is 10.2 Å². The van der Waals surface area contributed by atoms with Gasteiger partial charge in [0.05, 0.1) is 54.6 Å². The number of hydrogen-bond acceptors (Lipinski definition) is 11. The summed E-state index contributed by atoms with van der Waals surface area (Å²) in [5.41, 5.74) is 4.63. The third-order valence-electron chi connectivity index (χ3n) is 6.03. The number of nitrogens with zero attached hydrogens (tertiary/aromatic N) is 4. The highest BCUT2D eigenvalue weighted by Gasteiger charge is 2.21. The van der Waals surface area contributed by atoms with Crippen molar-refractivity contribution in [2.24, 2.45) is 5.10 Å². The van der Waals surface area contributed by atoms with E-state index in [2.05, 4.69) is 20.7 Å². The Balaban J connectivity index is 1.57. The molecule has 0 aliphatic rings. The van der Waals surface area contributed by atoms with E-state index in [1.165, 1.54) is 39.3 Å². The second-order valence-electron chi connectivity index (χ2n) is 8.42. The molecule has 0 radical (unpaired) electrons. The number of methoxy groups -OCH3 is 6. The van der Waals surface area contributed by atoms with Crippen molar-refractivity contribution in [2.75, 3.05) is 48.4 Å². The molecule has 13 heteroatoms. The largest absolute Gasteiger partial charge is 0.496 e. The number of nitrogens with one attached hydrogen (secondary N) is 1. The van der Waals surface area contributed by atoms with E-state index in [0.717, 1.165) is 5.69 Å². The first-order chi connectivity index (χ1) is 20.5. The van der Waals surface area contributed by atoms with E-state index in [-0.39, 0.29) is 11.7 Å². The Labute approximate surface area is 247 Å². The van der Waals surface area contributed by atoms with Gasteiger partial charge in [0.1, 0.15) is 5.75 Å². The molecule has 0 spiro atoms. The molecule has 0 atom stereocenters. The summed E-state index contributed by atoms with van der Waals surface area (Å²) in [4.78, 5) is 12.7. The van der Waals surface area contributed by atoms with Gasteiger partial charge in [-0.1, -0.05) is 30.0 Å². The van der Waals surface area contributed by atoms with Gasteiger partial charge in [0.25, 0.3) is 5.91 Å². The molecule has 3 aromatic carbocycles. The summed E-state index contributed by atoms with van der Waals surface area (Å²) in [6, 6.07) is 16.6. The Kier molecular flexibility index (Phi) is 10.1. The van der Waals surface area contributed by atoms with E-state index in [4.69, 9.17) is 28.4 Å². The number of amides is 1. The van der Waals surface area contributed by atoms with Crippen molar-refractivity contribution in [1.82, 2.24) is 20.2 Å². The summed E-state index contributed by atoms with van der Waals surface area (Å²) in [6.45, 7) is 0. The lowest BCUT2D eigenvalue weighted by atomic mass is 10.1. The topological polar surface area (TPSA) is 128 Å². The number of carbonyl (C=O) groups excluding carboxylic acids is 1. The van der Waals surface area contributed by atoms with E-state index in [0.29, 0.717) is 56.6 Å². The minimum atomic E-state index is -0.340. The van der Waals surface area contributed by atoms with Crippen LogP contribution in [0.5, 0.6) is 34.5 Å². The Hall–Kier alpha value is -4.91. The fourth-order valence-corrected chi connectivity index (χ4v) is 4.80. The van der Waals surface area contributed by atoms with Crippen molar-refractivity contribution in [3.63, 3.8) is 0 Å². The van der Waals surface area contributed by atoms with Gasteiger partial charge < -0.3 is 28.4 Å². The Bertz CT molecular complexity index is 1530. The summed E-state index contributed by atoms with van der Waals surface area (Å²) < 4.78 is 34.4. The Morgan fingerprint density at radius 1 is 0.810 bits per heavy atom. The fourth-order valence-electron chi connectivity index (χ4n) is 4.06. The predicted octanol–water partition coefficient (Wildman–Crippen LogP) is 4.23. The van der Waals surface area contributed by atoms with Crippen LogP contribution in [0.4, 0.5) is 0 Å². The van der Waals surface area contributed by atoms with Gasteiger partial charge >= 0.3 is 0 Å². The first kappa shape index (κ1) is 30.1. The van der Waals surface area contributed by atoms with Gasteiger partial charge in [-0.25, -0.2) is 5.43 Å². The molecule has 12 nitrogen and oxygen atoms in total. The zero-order valence-corrected chi connectivity index (χ0v) is 24.9. The monoisotopic (exact) mass is 593 g/mol. The minimum Gasteiger partial charge on any atom is -0.496 e. The molecule has 1 amide bonds. The second kappa shape index (κ2) is 14.1. The van der Waals surface area contributed by atoms with Gasteiger partial charge in [0, 0.05) is 22.9 Å². The highest BCUT2D eigenvalue weighted by Crippen LogP contribution is 2.41. The van der Waals surface area contributed by atoms with E-state index >= 15 is 0 Å². The quantitative estimate of drug-likeness (QED) is 0.137. The van der Waals surface area contributed by atoms with Crippen LogP contribution in [0.15, 0.2) is 64.9 Å². The molecule has 0 fully saturated rings. The normalized spacial score (nSPS) is 10.8. The number of hydrazone groups is 1. The maximum Gasteiger partial charge on any atom is 0.250 e. The van der Waals surface area contributed by atoms with Crippen LogP contribution in [0.1, 0.15) is 5.56 Å². The number of hydrogen-bond donors (Lipinski definition) is 1. The summed E-state index contributed by atoms with van der Waals surface area (Å²) in [7, 11) is 9.24. The SMILES string of the molecule is COc1cc(OC)c(OC)cc1C=NNC(=O)CSc1nnc(-c2cc(OC)c(OC)c(OC)c2)n1-c1ccccc1. The van der Waals surface area contributed by atoms with Crippen molar-refractivity contribution < 1.29 is 33.2 Å². The number of ether oxygens (including phenoxy) is 6. The molecule has 220 valence electrons. The van der Waals surface area contributed by atoms with E-state index in [1.54, 1.807) is 45.6 Å². The minimum absolute atomic E-state index is 0.0284. The van der Waals surface area contributed by atoms with Crippen LogP contribution < -0.4 is 33.8 Å². The number of aromatic nitrogens is 3. The van der Waals surface area contributed by atoms with Crippen LogP contribution in [-0.2, 0) is 4.79 Å². The first-order valence-corrected chi connectivity index (χ1v) is 13.5. The van der Waals surface area contributed by atoms with E-state index in [1.807, 2.05) is 34.9 Å². The molecule has 4 rings (SSSR count). The van der Waals surface area contributed by atoms with Crippen LogP contribution in [0.3, 0.4) is 0 Å². The lowest BCUT2D eigenvalue weighted by Gasteiger charge is -2.15. The molecule has 42 heavy (non-hydrogen) atoms. The van der Waals surface area contributed by atoms with Crippen molar-refractivity contribution >= 4 is 23.9 Å². The molecular formula is C29H31N5O7S. The summed E-state index contributed by atoms with van der Waals surface area (Å²) in [5, 5.41) is 13.4. The zero-order valence-electron chi connectivity index (χ0n) is 24.0. The van der Waals surface area contributed by atoms with E-state index < -0.39 is 0 Å². The van der Waals surface area contributed by atoms with Gasteiger partial charge in [0.15, 0.2) is 34.0 Å². The molecule has 0 aliphatic carbocycles. The third kappa shape index (κ3) is 6.52. The average molecular weight is 594 g/mol. The van der Waals surface area contributed by atoms with Crippen molar-refractivity contribution in [1.29, 1.82) is 0 Å². The number of thioether (sulfide) groups is 1. The lowest BCUT2D eigenvalue weighted by molar-refractivity contribution is -0.118. The van der Waals surface area contributed by atoms with Gasteiger partial charge in [-0.3, -0.25) is 9.36 Å². The van der Waals surface area contributed by atoms with Crippen LogP contribution in [0.2, 0.25) is 0 Å². The summed E-state index contributed by atoms with van der Waals surface area (Å²) in [6.07, 6.45) is 1.47. The van der Waals surface area contributed by atoms with Gasteiger partial charge in [0.2, 0.25) is 5.75 Å². The Morgan fingerprint density at radius 2 is 1.43 bits per heavy atom. The van der Waals surface area contributed by atoms with Crippen molar-refractivity contribution in [3.8, 4) is 51.6 Å². The molecule has 0 saturated carbocycles. The second-order valence-corrected chi connectivity index (χ2v) is 9.36. The van der Waals surface area contributed by atoms with Crippen molar-refractivity contribution in [3.05, 3.63) is 60.2 Å². The molecule has 4 aromatic rings. The highest BCUT2D eigenvalue weighted by molar-refractivity contribution is 7.99. The lowest BCUT2D eigenvalue weighted by Crippen LogP contribution is -2.20. The zero-order chi connectivity index (χ0) is 30.1. The van der Waals surface area contributed by atoms with Crippen molar-refractivity contribution in [2.45, 2.75) is 5.16 Å². The van der Waals surface area contributed by atoms with Crippen LogP contribution in [0, 0.1) is 0 Å². The van der Waals surface area contributed by atoms with Crippen LogP contribution >= 0.6 is 11.8 Å². The molecule has 0 bridgehead atoms. The molecule has 1 N–H and O–H groups in total. The van der Waals surface area contributed by atoms with Gasteiger partial charge in [-0.2, -0.15) is 5.10 Å². The molecular weight excluding hydrogens is 562 g/mol. The molecule has 0 saturated heterocycles. The number of benzene rings is 3. The predicted molar refractivity (Wildman–Crippen MR) is 159 cm³/mol. The highest BCUT2D eigenvalue weighted by atomic mass is 32.2. The van der Waals surface area contributed by atoms with Crippen LogP contribution in [0.25, 0.3) is 17.1 Å². The third-order valence-corrected chi connectivity index (χ3v) is 6.96. The summed E-state index contributed by atoms with van der Waals surface area (Å²) >= 11 is 1.21. The van der Waals surface area contributed by atoms with E-state index in [9.17, 15) is 4.79 Å². The van der Waals surface area contributed by atoms with Gasteiger partial charge in [-0.05, 0) is 30.3 Å². The summed E-state index contributed by atoms with van der Waals surface area (Å²) in [5.74, 6) is 3.17.